The highest BCUT2D eigenvalue weighted by Crippen LogP contribution is 2.35. The van der Waals surface area contributed by atoms with Crippen molar-refractivity contribution in [2.24, 2.45) is 0 Å². The molecule has 16 heavy (non-hydrogen) atoms. The predicted octanol–water partition coefficient (Wildman–Crippen LogP) is 3.91. The van der Waals surface area contributed by atoms with Crippen molar-refractivity contribution in [3.05, 3.63) is 46.8 Å². The average molecular weight is 250 g/mol. The Morgan fingerprint density at radius 1 is 1.31 bits per heavy atom. The highest BCUT2D eigenvalue weighted by atomic mass is 32.2. The quantitative estimate of drug-likeness (QED) is 0.897. The lowest BCUT2D eigenvalue weighted by atomic mass is 10.1. The number of aromatic carboxylic acids is 1. The molecule has 0 saturated heterocycles. The molecule has 0 fully saturated rings. The molecule has 0 saturated carbocycles. The van der Waals surface area contributed by atoms with E-state index in [0.717, 1.165) is 14.7 Å². The zero-order valence-electron chi connectivity index (χ0n) is 8.64. The Kier molecular flexibility index (Phi) is 3.31. The Morgan fingerprint density at radius 3 is 2.75 bits per heavy atom. The minimum Gasteiger partial charge on any atom is -0.478 e. The lowest BCUT2D eigenvalue weighted by Crippen LogP contribution is -1.99. The van der Waals surface area contributed by atoms with Crippen LogP contribution in [-0.2, 0) is 0 Å². The molecular formula is C12H10O2S2. The van der Waals surface area contributed by atoms with Crippen molar-refractivity contribution in [1.82, 2.24) is 0 Å². The van der Waals surface area contributed by atoms with Crippen LogP contribution >= 0.6 is 23.1 Å². The summed E-state index contributed by atoms with van der Waals surface area (Å²) in [6.45, 7) is 1.93. The van der Waals surface area contributed by atoms with E-state index in [2.05, 4.69) is 0 Å². The monoisotopic (exact) mass is 250 g/mol. The van der Waals surface area contributed by atoms with E-state index >= 15 is 0 Å². The van der Waals surface area contributed by atoms with Gasteiger partial charge in [0, 0.05) is 4.90 Å². The Morgan fingerprint density at radius 2 is 2.12 bits per heavy atom. The van der Waals surface area contributed by atoms with E-state index in [9.17, 15) is 4.79 Å². The zero-order chi connectivity index (χ0) is 11.5. The summed E-state index contributed by atoms with van der Waals surface area (Å²) in [5, 5.41) is 11.1. The molecule has 0 unspecified atom stereocenters. The summed E-state index contributed by atoms with van der Waals surface area (Å²) < 4.78 is 1.11. The molecule has 0 radical (unpaired) electrons. The van der Waals surface area contributed by atoms with Gasteiger partial charge in [-0.15, -0.1) is 11.3 Å². The van der Waals surface area contributed by atoms with Gasteiger partial charge in [-0.2, -0.15) is 0 Å². The summed E-state index contributed by atoms with van der Waals surface area (Å²) in [4.78, 5) is 11.9. The van der Waals surface area contributed by atoms with Gasteiger partial charge in [0.2, 0.25) is 0 Å². The maximum Gasteiger partial charge on any atom is 0.336 e. The average Bonchev–Trinajstić information content (AvgIpc) is 2.73. The van der Waals surface area contributed by atoms with Crippen LogP contribution in [0.25, 0.3) is 0 Å². The molecular weight excluding hydrogens is 240 g/mol. The van der Waals surface area contributed by atoms with Crippen LogP contribution in [0.3, 0.4) is 0 Å². The molecule has 1 aromatic heterocycles. The van der Waals surface area contributed by atoms with Crippen molar-refractivity contribution in [2.75, 3.05) is 0 Å². The van der Waals surface area contributed by atoms with Crippen LogP contribution in [0.1, 0.15) is 15.9 Å². The first kappa shape index (κ1) is 11.2. The minimum atomic E-state index is -0.872. The molecule has 2 nitrogen and oxygen atoms in total. The highest BCUT2D eigenvalue weighted by molar-refractivity contribution is 8.01. The van der Waals surface area contributed by atoms with Crippen LogP contribution < -0.4 is 0 Å². The Labute approximate surface area is 102 Å². The summed E-state index contributed by atoms with van der Waals surface area (Å²) in [5.74, 6) is -0.872. The van der Waals surface area contributed by atoms with Gasteiger partial charge in [0.25, 0.3) is 0 Å². The number of aryl methyl sites for hydroxylation is 1. The van der Waals surface area contributed by atoms with Crippen molar-refractivity contribution < 1.29 is 9.90 Å². The first-order chi connectivity index (χ1) is 7.68. The molecule has 0 atom stereocenters. The summed E-state index contributed by atoms with van der Waals surface area (Å²) in [7, 11) is 0. The largest absolute Gasteiger partial charge is 0.478 e. The van der Waals surface area contributed by atoms with Crippen LogP contribution in [0.15, 0.2) is 44.8 Å². The van der Waals surface area contributed by atoms with Gasteiger partial charge in [-0.3, -0.25) is 0 Å². The van der Waals surface area contributed by atoms with Gasteiger partial charge < -0.3 is 5.11 Å². The molecule has 1 N–H and O–H groups in total. The topological polar surface area (TPSA) is 37.3 Å². The van der Waals surface area contributed by atoms with Crippen molar-refractivity contribution in [3.8, 4) is 0 Å². The van der Waals surface area contributed by atoms with E-state index in [0.29, 0.717) is 5.56 Å². The summed E-state index contributed by atoms with van der Waals surface area (Å²) in [6.07, 6.45) is 0. The van der Waals surface area contributed by atoms with Gasteiger partial charge in [-0.25, -0.2) is 4.79 Å². The van der Waals surface area contributed by atoms with E-state index in [1.807, 2.05) is 30.5 Å². The van der Waals surface area contributed by atoms with Crippen LogP contribution in [0, 0.1) is 6.92 Å². The molecule has 0 aliphatic heterocycles. The Bertz CT molecular complexity index is 504. The molecule has 4 heteroatoms. The number of carboxylic acid groups (broad SMARTS) is 1. The number of carboxylic acids is 1. The predicted molar refractivity (Wildman–Crippen MR) is 66.6 cm³/mol. The van der Waals surface area contributed by atoms with Gasteiger partial charge >= 0.3 is 5.97 Å². The lowest BCUT2D eigenvalue weighted by molar-refractivity contribution is 0.0693. The highest BCUT2D eigenvalue weighted by Gasteiger charge is 2.13. The van der Waals surface area contributed by atoms with E-state index < -0.39 is 5.97 Å². The van der Waals surface area contributed by atoms with Crippen molar-refractivity contribution in [3.63, 3.8) is 0 Å². The molecule has 1 heterocycles. The number of rotatable bonds is 3. The normalized spacial score (nSPS) is 10.3. The minimum absolute atomic E-state index is 0.374. The van der Waals surface area contributed by atoms with Crippen LogP contribution in [0.2, 0.25) is 0 Å². The third-order valence-corrected chi connectivity index (χ3v) is 4.42. The maximum atomic E-state index is 11.1. The first-order valence-corrected chi connectivity index (χ1v) is 6.42. The number of hydrogen-bond acceptors (Lipinski definition) is 3. The van der Waals surface area contributed by atoms with Gasteiger partial charge in [-0.05, 0) is 30.0 Å². The molecule has 2 rings (SSSR count). The molecule has 0 spiro atoms. The van der Waals surface area contributed by atoms with Gasteiger partial charge in [-0.1, -0.05) is 30.0 Å². The maximum absolute atomic E-state index is 11.1. The molecule has 0 bridgehead atoms. The second-order valence-electron chi connectivity index (χ2n) is 3.29. The van der Waals surface area contributed by atoms with Gasteiger partial charge in [0.1, 0.15) is 0 Å². The standard InChI is InChI=1S/C12H10O2S2/c1-8-4-2-5-9(12(13)14)11(8)16-10-6-3-7-15-10/h2-7H,1H3,(H,13,14). The van der Waals surface area contributed by atoms with E-state index in [4.69, 9.17) is 5.11 Å². The second-order valence-corrected chi connectivity index (χ2v) is 5.55. The third-order valence-electron chi connectivity index (χ3n) is 2.14. The fourth-order valence-corrected chi connectivity index (χ4v) is 3.28. The fourth-order valence-electron chi connectivity index (χ4n) is 1.38. The SMILES string of the molecule is Cc1cccc(C(=O)O)c1Sc1cccs1. The zero-order valence-corrected chi connectivity index (χ0v) is 10.3. The fraction of sp³-hybridized carbons (Fsp3) is 0.0833. The summed E-state index contributed by atoms with van der Waals surface area (Å²) in [6, 6.07) is 9.31. The van der Waals surface area contributed by atoms with E-state index in [1.165, 1.54) is 11.8 Å². The number of hydrogen-bond donors (Lipinski definition) is 1. The van der Waals surface area contributed by atoms with Crippen molar-refractivity contribution >= 4 is 29.1 Å². The molecule has 82 valence electrons. The molecule has 2 aromatic rings. The van der Waals surface area contributed by atoms with Gasteiger partial charge in [0.05, 0.1) is 9.77 Å². The van der Waals surface area contributed by atoms with Crippen molar-refractivity contribution in [2.45, 2.75) is 16.0 Å². The molecule has 0 aliphatic rings. The lowest BCUT2D eigenvalue weighted by Gasteiger charge is -2.07. The third kappa shape index (κ3) is 2.28. The number of carbonyl (C=O) groups is 1. The van der Waals surface area contributed by atoms with Crippen LogP contribution in [0.5, 0.6) is 0 Å². The van der Waals surface area contributed by atoms with Crippen LogP contribution in [0.4, 0.5) is 0 Å². The van der Waals surface area contributed by atoms with Gasteiger partial charge in [0.15, 0.2) is 0 Å². The van der Waals surface area contributed by atoms with Crippen LogP contribution in [-0.4, -0.2) is 11.1 Å². The Hall–Kier alpha value is -1.26. The number of benzene rings is 1. The molecule has 0 aliphatic carbocycles. The smallest absolute Gasteiger partial charge is 0.336 e. The summed E-state index contributed by atoms with van der Waals surface area (Å²) in [5.41, 5.74) is 1.37. The first-order valence-electron chi connectivity index (χ1n) is 4.73. The second kappa shape index (κ2) is 4.72. The molecule has 1 aromatic carbocycles. The summed E-state index contributed by atoms with van der Waals surface area (Å²) >= 11 is 3.13. The Balaban J connectivity index is 2.42. The van der Waals surface area contributed by atoms with E-state index in [1.54, 1.807) is 23.5 Å². The van der Waals surface area contributed by atoms with E-state index in [-0.39, 0.29) is 0 Å². The van der Waals surface area contributed by atoms with Crippen molar-refractivity contribution in [1.29, 1.82) is 0 Å². The molecule has 0 amide bonds. The number of thiophene rings is 1.